The van der Waals surface area contributed by atoms with E-state index in [1.807, 2.05) is 0 Å². The fourth-order valence-corrected chi connectivity index (χ4v) is 13.7. The number of phosphoric acid groups is 2. The zero-order valence-electron chi connectivity index (χ0n) is 65.9. The van der Waals surface area contributed by atoms with Crippen LogP contribution in [0.1, 0.15) is 402 Å². The average Bonchev–Trinajstić information content (AvgIpc) is 1.33. The Morgan fingerprint density at radius 1 is 0.307 bits per heavy atom. The standard InChI is InChI=1S/C82H156O17P2/c1-8-9-10-11-12-13-14-15-18-25-30-35-42-49-56-63-79(84)92-69-77(98-81(86)66-59-52-44-37-32-27-22-21-24-29-34-40-47-54-61-74(4)5)71-96-100(88,89)94-67-76(83)68-95-101(90,91)97-72-78(70-93-80(85)64-57-50-45-38-41-48-55-62-75(6)7)99-82(87)65-58-51-43-36-31-26-20-17-16-19-23-28-33-39-46-53-60-73(2)3/h13-15,18,73-78,83H,8-12,16-17,19-72H2,1-7H3,(H,88,89)(H,90,91)/b14-13-,18-15-/t76?,77-,78-/m1/s1. The minimum absolute atomic E-state index is 0.100. The number of rotatable bonds is 78. The predicted octanol–water partition coefficient (Wildman–Crippen LogP) is 24.1. The van der Waals surface area contributed by atoms with Gasteiger partial charge < -0.3 is 33.8 Å². The first kappa shape index (κ1) is 98.5. The SMILES string of the molecule is CCCCCC/C=C\C=C/CCCCCCCC(=O)OC[C@H](COP(=O)(O)OCC(O)COP(=O)(O)OC[C@@H](COC(=O)CCCCCCCCCC(C)C)OC(=O)CCCCCCCCCCCCCCCCCCC(C)C)OC(=O)CCCCCCCCCCCCCCCCC(C)C. The second-order valence-corrected chi connectivity index (χ2v) is 33.2. The largest absolute Gasteiger partial charge is 0.472 e. The van der Waals surface area contributed by atoms with Gasteiger partial charge in [-0.1, -0.05) is 349 Å². The third-order valence-electron chi connectivity index (χ3n) is 18.5. The Kier molecular flexibility index (Phi) is 70.0. The second-order valence-electron chi connectivity index (χ2n) is 30.3. The molecule has 19 heteroatoms. The zero-order valence-corrected chi connectivity index (χ0v) is 67.6. The number of hydrogen-bond donors (Lipinski definition) is 3. The third kappa shape index (κ3) is 75.6. The highest BCUT2D eigenvalue weighted by Crippen LogP contribution is 2.45. The van der Waals surface area contributed by atoms with E-state index >= 15 is 0 Å². The van der Waals surface area contributed by atoms with Crippen LogP contribution in [0.4, 0.5) is 0 Å². The number of aliphatic hydroxyl groups excluding tert-OH is 1. The summed E-state index contributed by atoms with van der Waals surface area (Å²) in [6, 6.07) is 0. The molecule has 5 atom stereocenters. The first-order valence-corrected chi connectivity index (χ1v) is 44.7. The van der Waals surface area contributed by atoms with E-state index in [1.54, 1.807) is 0 Å². The van der Waals surface area contributed by atoms with Gasteiger partial charge in [0.25, 0.3) is 0 Å². The second kappa shape index (κ2) is 71.8. The number of carbonyl (C=O) groups is 4. The average molecular weight is 1480 g/mol. The molecule has 0 aromatic rings. The zero-order chi connectivity index (χ0) is 74.4. The summed E-state index contributed by atoms with van der Waals surface area (Å²) in [6.45, 7) is 11.9. The van der Waals surface area contributed by atoms with Crippen LogP contribution >= 0.6 is 15.6 Å². The molecule has 0 radical (unpaired) electrons. The summed E-state index contributed by atoms with van der Waals surface area (Å²) in [5.41, 5.74) is 0. The Labute approximate surface area is 618 Å². The molecule has 0 aromatic carbocycles. The normalized spacial score (nSPS) is 14.1. The highest BCUT2D eigenvalue weighted by Gasteiger charge is 2.30. The summed E-state index contributed by atoms with van der Waals surface area (Å²) in [5.74, 6) is 0.163. The molecule has 0 fully saturated rings. The van der Waals surface area contributed by atoms with Crippen molar-refractivity contribution in [1.82, 2.24) is 0 Å². The van der Waals surface area contributed by atoms with Gasteiger partial charge in [-0.05, 0) is 69.1 Å². The van der Waals surface area contributed by atoms with Crippen molar-refractivity contribution in [1.29, 1.82) is 0 Å². The lowest BCUT2D eigenvalue weighted by molar-refractivity contribution is -0.161. The Balaban J connectivity index is 5.26. The van der Waals surface area contributed by atoms with E-state index in [-0.39, 0.29) is 25.7 Å². The van der Waals surface area contributed by atoms with E-state index in [0.717, 1.165) is 127 Å². The minimum Gasteiger partial charge on any atom is -0.462 e. The molecule has 3 N–H and O–H groups in total. The Morgan fingerprint density at radius 2 is 0.535 bits per heavy atom. The number of esters is 4. The van der Waals surface area contributed by atoms with Gasteiger partial charge in [0.1, 0.15) is 19.3 Å². The van der Waals surface area contributed by atoms with Gasteiger partial charge in [-0.2, -0.15) is 0 Å². The van der Waals surface area contributed by atoms with Crippen LogP contribution in [0.25, 0.3) is 0 Å². The summed E-state index contributed by atoms with van der Waals surface area (Å²) < 4.78 is 68.7. The highest BCUT2D eigenvalue weighted by molar-refractivity contribution is 7.47. The highest BCUT2D eigenvalue weighted by atomic mass is 31.2. The summed E-state index contributed by atoms with van der Waals surface area (Å²) >= 11 is 0. The summed E-state index contributed by atoms with van der Waals surface area (Å²) in [7, 11) is -9.93. The fraction of sp³-hybridized carbons (Fsp3) is 0.902. The molecule has 0 heterocycles. The van der Waals surface area contributed by atoms with Crippen LogP contribution in [-0.2, 0) is 65.4 Å². The molecule has 0 aliphatic rings. The first-order chi connectivity index (χ1) is 48.7. The minimum atomic E-state index is -4.97. The molecule has 0 aliphatic carbocycles. The number of phosphoric ester groups is 2. The van der Waals surface area contributed by atoms with Crippen molar-refractivity contribution in [2.24, 2.45) is 17.8 Å². The number of allylic oxidation sites excluding steroid dienone is 4. The molecule has 0 saturated carbocycles. The third-order valence-corrected chi connectivity index (χ3v) is 20.4. The fourth-order valence-electron chi connectivity index (χ4n) is 12.1. The molecule has 0 aromatic heterocycles. The van der Waals surface area contributed by atoms with Crippen molar-refractivity contribution >= 4 is 39.5 Å². The maximum Gasteiger partial charge on any atom is 0.472 e. The van der Waals surface area contributed by atoms with E-state index in [2.05, 4.69) is 72.8 Å². The molecule has 0 spiro atoms. The molecule has 17 nitrogen and oxygen atoms in total. The van der Waals surface area contributed by atoms with E-state index in [0.29, 0.717) is 31.6 Å². The molecule has 101 heavy (non-hydrogen) atoms. The van der Waals surface area contributed by atoms with Gasteiger partial charge in [-0.15, -0.1) is 0 Å². The van der Waals surface area contributed by atoms with E-state index < -0.39 is 97.5 Å². The maximum atomic E-state index is 13.1. The van der Waals surface area contributed by atoms with Crippen molar-refractivity contribution in [3.8, 4) is 0 Å². The molecule has 0 saturated heterocycles. The van der Waals surface area contributed by atoms with Crippen molar-refractivity contribution in [2.45, 2.75) is 420 Å². The summed E-state index contributed by atoms with van der Waals surface area (Å²) in [5, 5.41) is 10.6. The number of unbranched alkanes of at least 4 members (excludes halogenated alkanes) is 43. The Morgan fingerprint density at radius 3 is 0.802 bits per heavy atom. The van der Waals surface area contributed by atoms with E-state index in [9.17, 15) is 43.2 Å². The number of ether oxygens (including phenoxy) is 4. The quantitative estimate of drug-likeness (QED) is 0.0169. The Bertz CT molecular complexity index is 2050. The molecular formula is C82H156O17P2. The van der Waals surface area contributed by atoms with Gasteiger partial charge in [0.05, 0.1) is 26.4 Å². The Hall–Kier alpha value is -2.46. The lowest BCUT2D eigenvalue weighted by Crippen LogP contribution is -2.30. The van der Waals surface area contributed by atoms with Gasteiger partial charge in [0.2, 0.25) is 0 Å². The number of aliphatic hydroxyl groups is 1. The molecule has 0 bridgehead atoms. The molecular weight excluding hydrogens is 1320 g/mol. The van der Waals surface area contributed by atoms with Crippen LogP contribution < -0.4 is 0 Å². The lowest BCUT2D eigenvalue weighted by Gasteiger charge is -2.21. The molecule has 596 valence electrons. The van der Waals surface area contributed by atoms with Crippen LogP contribution in [0.3, 0.4) is 0 Å². The lowest BCUT2D eigenvalue weighted by atomic mass is 10.0. The molecule has 0 rings (SSSR count). The first-order valence-electron chi connectivity index (χ1n) is 41.7. The van der Waals surface area contributed by atoms with Gasteiger partial charge in [0.15, 0.2) is 12.2 Å². The monoisotopic (exact) mass is 1480 g/mol. The van der Waals surface area contributed by atoms with Crippen LogP contribution in [0.2, 0.25) is 0 Å². The van der Waals surface area contributed by atoms with Crippen LogP contribution in [0.15, 0.2) is 24.3 Å². The topological polar surface area (TPSA) is 237 Å². The smallest absolute Gasteiger partial charge is 0.462 e. The maximum absolute atomic E-state index is 13.1. The van der Waals surface area contributed by atoms with Crippen molar-refractivity contribution < 1.29 is 80.2 Å². The number of carbonyl (C=O) groups excluding carboxylic acids is 4. The van der Waals surface area contributed by atoms with Crippen molar-refractivity contribution in [2.75, 3.05) is 39.6 Å². The van der Waals surface area contributed by atoms with Gasteiger partial charge in [0, 0.05) is 25.7 Å². The molecule has 3 unspecified atom stereocenters. The van der Waals surface area contributed by atoms with Crippen molar-refractivity contribution in [3.05, 3.63) is 24.3 Å². The van der Waals surface area contributed by atoms with Gasteiger partial charge in [-0.3, -0.25) is 37.3 Å². The summed E-state index contributed by atoms with van der Waals surface area (Å²) in [4.78, 5) is 73.0. The van der Waals surface area contributed by atoms with Crippen LogP contribution in [0.5, 0.6) is 0 Å². The van der Waals surface area contributed by atoms with Gasteiger partial charge in [-0.25, -0.2) is 9.13 Å². The van der Waals surface area contributed by atoms with E-state index in [4.69, 9.17) is 37.0 Å². The van der Waals surface area contributed by atoms with Crippen LogP contribution in [-0.4, -0.2) is 96.7 Å². The molecule has 0 aliphatic heterocycles. The predicted molar refractivity (Wildman–Crippen MR) is 414 cm³/mol. The number of hydrogen-bond acceptors (Lipinski definition) is 15. The van der Waals surface area contributed by atoms with E-state index in [1.165, 1.54) is 186 Å². The van der Waals surface area contributed by atoms with Gasteiger partial charge >= 0.3 is 39.5 Å². The van der Waals surface area contributed by atoms with Crippen LogP contribution in [0, 0.1) is 17.8 Å². The molecule has 0 amide bonds. The van der Waals surface area contributed by atoms with Crippen molar-refractivity contribution in [3.63, 3.8) is 0 Å². The summed E-state index contributed by atoms with van der Waals surface area (Å²) in [6.07, 6.45) is 63.3.